The van der Waals surface area contributed by atoms with Crippen LogP contribution < -0.4 is 5.43 Å². The zero-order valence-corrected chi connectivity index (χ0v) is 12.7. The lowest BCUT2D eigenvalue weighted by molar-refractivity contribution is -0.384. The number of nitrogens with one attached hydrogen (secondary N) is 1. The van der Waals surface area contributed by atoms with Crippen molar-refractivity contribution in [3.63, 3.8) is 0 Å². The summed E-state index contributed by atoms with van der Waals surface area (Å²) in [5, 5.41) is 23.7. The second-order valence-electron chi connectivity index (χ2n) is 5.22. The van der Waals surface area contributed by atoms with Gasteiger partial charge in [-0.2, -0.15) is 10.4 Å². The van der Waals surface area contributed by atoms with E-state index in [9.17, 15) is 10.1 Å². The number of anilines is 1. The smallest absolute Gasteiger partial charge is 0.270 e. The molecule has 8 heteroatoms. The number of hydrazone groups is 1. The van der Waals surface area contributed by atoms with Crippen LogP contribution in [-0.4, -0.2) is 16.1 Å². The van der Waals surface area contributed by atoms with E-state index in [1.807, 2.05) is 19.9 Å². The second-order valence-corrected chi connectivity index (χ2v) is 5.22. The van der Waals surface area contributed by atoms with Crippen LogP contribution in [-0.2, 0) is 6.42 Å². The van der Waals surface area contributed by atoms with Crippen LogP contribution in [0.4, 0.5) is 11.6 Å². The topological polar surface area (TPSA) is 117 Å². The fourth-order valence-corrected chi connectivity index (χ4v) is 1.84. The second kappa shape index (κ2) is 7.17. The maximum Gasteiger partial charge on any atom is 0.270 e. The van der Waals surface area contributed by atoms with Gasteiger partial charge in [0.05, 0.1) is 11.1 Å². The highest BCUT2D eigenvalue weighted by Gasteiger charge is 2.13. The lowest BCUT2D eigenvalue weighted by Gasteiger charge is -1.98. The summed E-state index contributed by atoms with van der Waals surface area (Å²) in [6.45, 7) is 4.04. The minimum absolute atomic E-state index is 0.0226. The van der Waals surface area contributed by atoms with Crippen LogP contribution in [0.5, 0.6) is 0 Å². The molecule has 2 aromatic rings. The average molecular weight is 313 g/mol. The first-order valence-corrected chi connectivity index (χ1v) is 6.93. The fourth-order valence-electron chi connectivity index (χ4n) is 1.84. The Kier molecular flexibility index (Phi) is 5.04. The number of non-ortho nitro benzene ring substituents is 1. The lowest BCUT2D eigenvalue weighted by atomic mass is 10.1. The summed E-state index contributed by atoms with van der Waals surface area (Å²) in [6.07, 6.45) is 2.02. The number of nitrogens with zero attached hydrogens (tertiary/aromatic N) is 4. The molecule has 0 aliphatic heterocycles. The Labute approximate surface area is 132 Å². The normalized spacial score (nSPS) is 10.9. The van der Waals surface area contributed by atoms with Crippen LogP contribution in [0.2, 0.25) is 0 Å². The molecule has 0 spiro atoms. The van der Waals surface area contributed by atoms with E-state index < -0.39 is 4.92 Å². The summed E-state index contributed by atoms with van der Waals surface area (Å²) in [4.78, 5) is 14.3. The van der Waals surface area contributed by atoms with Crippen LogP contribution in [0.1, 0.15) is 31.0 Å². The van der Waals surface area contributed by atoms with Crippen molar-refractivity contribution in [3.05, 3.63) is 51.5 Å². The molecule has 0 aliphatic carbocycles. The first-order valence-electron chi connectivity index (χ1n) is 6.93. The van der Waals surface area contributed by atoms with Crippen molar-refractivity contribution in [3.8, 4) is 6.07 Å². The Morgan fingerprint density at radius 2 is 2.35 bits per heavy atom. The SMILES string of the molecule is CC(C)Cc1nc(C#N)c(N/N=C/c2cccc([N+](=O)[O-])c2)o1. The van der Waals surface area contributed by atoms with E-state index in [1.54, 1.807) is 12.1 Å². The van der Waals surface area contributed by atoms with Crippen molar-refractivity contribution in [1.82, 2.24) is 4.98 Å². The number of hydrogen-bond donors (Lipinski definition) is 1. The van der Waals surface area contributed by atoms with E-state index in [1.165, 1.54) is 18.3 Å². The van der Waals surface area contributed by atoms with E-state index in [2.05, 4.69) is 15.5 Å². The minimum Gasteiger partial charge on any atom is -0.422 e. The van der Waals surface area contributed by atoms with E-state index >= 15 is 0 Å². The molecule has 23 heavy (non-hydrogen) atoms. The Morgan fingerprint density at radius 1 is 1.57 bits per heavy atom. The summed E-state index contributed by atoms with van der Waals surface area (Å²) in [7, 11) is 0. The number of hydrogen-bond acceptors (Lipinski definition) is 7. The van der Waals surface area contributed by atoms with Gasteiger partial charge in [-0.15, -0.1) is 0 Å². The van der Waals surface area contributed by atoms with Gasteiger partial charge in [0.2, 0.25) is 5.69 Å². The van der Waals surface area contributed by atoms with Crippen LogP contribution in [0, 0.1) is 27.4 Å². The number of benzene rings is 1. The van der Waals surface area contributed by atoms with Crippen LogP contribution >= 0.6 is 0 Å². The quantitative estimate of drug-likeness (QED) is 0.497. The lowest BCUT2D eigenvalue weighted by Crippen LogP contribution is -1.93. The van der Waals surface area contributed by atoms with Gasteiger partial charge in [0.15, 0.2) is 5.89 Å². The molecule has 8 nitrogen and oxygen atoms in total. The first kappa shape index (κ1) is 16.2. The molecule has 118 valence electrons. The van der Waals surface area contributed by atoms with Crippen molar-refractivity contribution >= 4 is 17.8 Å². The third-order valence-corrected chi connectivity index (χ3v) is 2.82. The molecule has 0 saturated heterocycles. The highest BCUT2D eigenvalue weighted by molar-refractivity contribution is 5.81. The third-order valence-electron chi connectivity index (χ3n) is 2.82. The van der Waals surface area contributed by atoms with E-state index in [-0.39, 0.29) is 17.3 Å². The Hall–Kier alpha value is -3.21. The van der Waals surface area contributed by atoms with Gasteiger partial charge in [-0.1, -0.05) is 26.0 Å². The van der Waals surface area contributed by atoms with Gasteiger partial charge in [-0.25, -0.2) is 10.4 Å². The molecule has 0 bridgehead atoms. The maximum absolute atomic E-state index is 10.7. The Balaban J connectivity index is 2.11. The summed E-state index contributed by atoms with van der Waals surface area (Å²) < 4.78 is 5.45. The van der Waals surface area contributed by atoms with Crippen molar-refractivity contribution in [1.29, 1.82) is 5.26 Å². The third kappa shape index (κ3) is 4.38. The minimum atomic E-state index is -0.479. The largest absolute Gasteiger partial charge is 0.422 e. The van der Waals surface area contributed by atoms with Crippen molar-refractivity contribution in [2.45, 2.75) is 20.3 Å². The van der Waals surface area contributed by atoms with Crippen molar-refractivity contribution in [2.75, 3.05) is 5.43 Å². The van der Waals surface area contributed by atoms with Gasteiger partial charge in [-0.05, 0) is 5.92 Å². The predicted molar refractivity (Wildman–Crippen MR) is 84.1 cm³/mol. The molecule has 0 saturated carbocycles. The molecule has 0 radical (unpaired) electrons. The number of nitriles is 1. The van der Waals surface area contributed by atoms with E-state index in [4.69, 9.17) is 9.68 Å². The van der Waals surface area contributed by atoms with Gasteiger partial charge in [0.25, 0.3) is 11.6 Å². The average Bonchev–Trinajstić information content (AvgIpc) is 2.88. The van der Waals surface area contributed by atoms with Crippen LogP contribution in [0.3, 0.4) is 0 Å². The molecule has 0 unspecified atom stereocenters. The summed E-state index contributed by atoms with van der Waals surface area (Å²) in [6, 6.07) is 7.96. The number of nitro groups is 1. The zero-order chi connectivity index (χ0) is 16.8. The standard InChI is InChI=1S/C15H15N5O3/c1-10(2)6-14-18-13(8-16)15(23-14)19-17-9-11-4-3-5-12(7-11)20(21)22/h3-5,7,9-10,19H,6H2,1-2H3/b17-9+. The highest BCUT2D eigenvalue weighted by Crippen LogP contribution is 2.19. The molecule has 0 fully saturated rings. The molecule has 0 aliphatic rings. The van der Waals surface area contributed by atoms with Crippen molar-refractivity contribution < 1.29 is 9.34 Å². The summed E-state index contributed by atoms with van der Waals surface area (Å²) >= 11 is 0. The molecule has 0 amide bonds. The van der Waals surface area contributed by atoms with E-state index in [0.29, 0.717) is 23.8 Å². The highest BCUT2D eigenvalue weighted by atomic mass is 16.6. The number of nitro benzene ring substituents is 1. The maximum atomic E-state index is 10.7. The molecule has 1 heterocycles. The fraction of sp³-hybridized carbons (Fsp3) is 0.267. The predicted octanol–water partition coefficient (Wildman–Crippen LogP) is 3.10. The molecule has 1 aromatic carbocycles. The van der Waals surface area contributed by atoms with Crippen LogP contribution in [0.15, 0.2) is 33.8 Å². The van der Waals surface area contributed by atoms with Gasteiger partial charge in [0.1, 0.15) is 6.07 Å². The van der Waals surface area contributed by atoms with Gasteiger partial charge in [0, 0.05) is 24.1 Å². The molecular formula is C15H15N5O3. The monoisotopic (exact) mass is 313 g/mol. The molecular weight excluding hydrogens is 298 g/mol. The van der Waals surface area contributed by atoms with Gasteiger partial charge < -0.3 is 4.42 Å². The van der Waals surface area contributed by atoms with Gasteiger partial charge >= 0.3 is 0 Å². The number of aromatic nitrogens is 1. The molecule has 2 rings (SSSR count). The van der Waals surface area contributed by atoms with Crippen LogP contribution in [0.25, 0.3) is 0 Å². The van der Waals surface area contributed by atoms with Crippen molar-refractivity contribution in [2.24, 2.45) is 11.0 Å². The zero-order valence-electron chi connectivity index (χ0n) is 12.7. The Bertz CT molecular complexity index is 774. The summed E-state index contributed by atoms with van der Waals surface area (Å²) in [5.74, 6) is 0.968. The molecule has 1 N–H and O–H groups in total. The summed E-state index contributed by atoms with van der Waals surface area (Å²) in [5.41, 5.74) is 3.25. The van der Waals surface area contributed by atoms with Gasteiger partial charge in [-0.3, -0.25) is 10.1 Å². The first-order chi connectivity index (χ1) is 11.0. The molecule has 0 atom stereocenters. The van der Waals surface area contributed by atoms with E-state index in [0.717, 1.165) is 0 Å². The number of oxazole rings is 1. The number of rotatable bonds is 6. The molecule has 1 aromatic heterocycles. The Morgan fingerprint density at radius 3 is 3.00 bits per heavy atom.